The van der Waals surface area contributed by atoms with Crippen LogP contribution in [0.5, 0.6) is 0 Å². The van der Waals surface area contributed by atoms with Gasteiger partial charge in [0.05, 0.1) is 6.10 Å². The van der Waals surface area contributed by atoms with Crippen molar-refractivity contribution in [3.8, 4) is 0 Å². The molecule has 0 saturated carbocycles. The summed E-state index contributed by atoms with van der Waals surface area (Å²) in [6.45, 7) is 6.90. The van der Waals surface area contributed by atoms with Crippen LogP contribution in [0.2, 0.25) is 0 Å². The van der Waals surface area contributed by atoms with Crippen molar-refractivity contribution in [2.45, 2.75) is 45.8 Å². The van der Waals surface area contributed by atoms with Gasteiger partial charge in [-0.15, -0.1) is 0 Å². The van der Waals surface area contributed by atoms with Crippen molar-refractivity contribution in [2.24, 2.45) is 0 Å². The van der Waals surface area contributed by atoms with Crippen LogP contribution in [-0.4, -0.2) is 19.8 Å². The molecular weight excluding hydrogens is 229 g/mol. The molecule has 0 spiro atoms. The molecule has 0 saturated heterocycles. The third kappa shape index (κ3) is 4.39. The van der Waals surface area contributed by atoms with Gasteiger partial charge in [-0.05, 0) is 39.3 Å². The molecule has 0 heterocycles. The molecule has 0 radical (unpaired) electrons. The Morgan fingerprint density at radius 1 is 1.33 bits per heavy atom. The summed E-state index contributed by atoms with van der Waals surface area (Å²) in [5.41, 5.74) is 1.86. The Hall–Kier alpha value is -0.930. The molecule has 0 fully saturated rings. The smallest absolute Gasteiger partial charge is 0.127 e. The molecule has 0 aliphatic heterocycles. The zero-order valence-corrected chi connectivity index (χ0v) is 11.8. The van der Waals surface area contributed by atoms with Gasteiger partial charge in [0.15, 0.2) is 0 Å². The maximum atomic E-state index is 13.9. The third-order valence-electron chi connectivity index (χ3n) is 3.24. The molecule has 2 atom stereocenters. The molecule has 0 amide bonds. The van der Waals surface area contributed by atoms with Gasteiger partial charge in [0.2, 0.25) is 0 Å². The van der Waals surface area contributed by atoms with Crippen LogP contribution < -0.4 is 5.32 Å². The lowest BCUT2D eigenvalue weighted by atomic mass is 9.98. The number of ether oxygens (including phenoxy) is 1. The molecule has 2 unspecified atom stereocenters. The zero-order valence-electron chi connectivity index (χ0n) is 11.8. The maximum absolute atomic E-state index is 13.9. The molecule has 2 nitrogen and oxygen atoms in total. The van der Waals surface area contributed by atoms with Crippen molar-refractivity contribution in [1.29, 1.82) is 0 Å². The van der Waals surface area contributed by atoms with Gasteiger partial charge >= 0.3 is 0 Å². The van der Waals surface area contributed by atoms with Crippen molar-refractivity contribution in [3.05, 3.63) is 35.1 Å². The van der Waals surface area contributed by atoms with E-state index < -0.39 is 0 Å². The number of rotatable bonds is 7. The fourth-order valence-electron chi connectivity index (χ4n) is 2.06. The van der Waals surface area contributed by atoms with E-state index in [0.717, 1.165) is 30.5 Å². The quantitative estimate of drug-likeness (QED) is 0.801. The van der Waals surface area contributed by atoms with Crippen LogP contribution in [0.4, 0.5) is 4.39 Å². The first-order valence-corrected chi connectivity index (χ1v) is 6.60. The summed E-state index contributed by atoms with van der Waals surface area (Å²) in [6.07, 6.45) is 2.00. The first-order chi connectivity index (χ1) is 8.58. The summed E-state index contributed by atoms with van der Waals surface area (Å²) in [6, 6.07) is 5.35. The molecule has 0 aliphatic rings. The molecule has 0 aromatic heterocycles. The van der Waals surface area contributed by atoms with Gasteiger partial charge in [-0.2, -0.15) is 0 Å². The molecular formula is C15H24FNO. The number of hydrogen-bond donors (Lipinski definition) is 1. The van der Waals surface area contributed by atoms with Crippen LogP contribution >= 0.6 is 0 Å². The van der Waals surface area contributed by atoms with Gasteiger partial charge in [0.1, 0.15) is 5.82 Å². The van der Waals surface area contributed by atoms with Crippen molar-refractivity contribution < 1.29 is 9.13 Å². The summed E-state index contributed by atoms with van der Waals surface area (Å²) >= 11 is 0. The molecule has 102 valence electrons. The highest BCUT2D eigenvalue weighted by molar-refractivity contribution is 5.26. The van der Waals surface area contributed by atoms with Gasteiger partial charge in [-0.1, -0.05) is 24.6 Å². The predicted molar refractivity (Wildman–Crippen MR) is 73.3 cm³/mol. The van der Waals surface area contributed by atoms with Crippen molar-refractivity contribution in [3.63, 3.8) is 0 Å². The summed E-state index contributed by atoms with van der Waals surface area (Å²) in [7, 11) is 1.71. The van der Waals surface area contributed by atoms with Gasteiger partial charge in [0.25, 0.3) is 0 Å². The van der Waals surface area contributed by atoms with Gasteiger partial charge in [-0.3, -0.25) is 0 Å². The van der Waals surface area contributed by atoms with E-state index in [2.05, 4.69) is 5.32 Å². The summed E-state index contributed by atoms with van der Waals surface area (Å²) in [4.78, 5) is 0. The summed E-state index contributed by atoms with van der Waals surface area (Å²) in [5, 5.41) is 3.35. The minimum atomic E-state index is -0.128. The molecule has 1 aromatic rings. The largest absolute Gasteiger partial charge is 0.382 e. The highest BCUT2D eigenvalue weighted by Crippen LogP contribution is 2.23. The number of aryl methyl sites for hydroxylation is 1. The van der Waals surface area contributed by atoms with Crippen LogP contribution in [0.25, 0.3) is 0 Å². The Bertz CT molecular complexity index is 368. The van der Waals surface area contributed by atoms with E-state index >= 15 is 0 Å². The topological polar surface area (TPSA) is 21.3 Å². The second-order valence-electron chi connectivity index (χ2n) is 4.76. The van der Waals surface area contributed by atoms with E-state index in [4.69, 9.17) is 4.74 Å². The molecule has 0 aliphatic carbocycles. The van der Waals surface area contributed by atoms with Gasteiger partial charge < -0.3 is 10.1 Å². The number of benzene rings is 1. The number of halogens is 1. The van der Waals surface area contributed by atoms with E-state index in [1.54, 1.807) is 19.2 Å². The Kier molecular flexibility index (Phi) is 6.30. The number of methoxy groups -OCH3 is 1. The zero-order chi connectivity index (χ0) is 13.5. The lowest BCUT2D eigenvalue weighted by Gasteiger charge is -2.21. The van der Waals surface area contributed by atoms with Crippen molar-refractivity contribution in [1.82, 2.24) is 5.32 Å². The van der Waals surface area contributed by atoms with Crippen LogP contribution in [0, 0.1) is 12.7 Å². The molecule has 1 rings (SSSR count). The fourth-order valence-corrected chi connectivity index (χ4v) is 2.06. The van der Waals surface area contributed by atoms with Crippen LogP contribution in [0.1, 0.15) is 43.9 Å². The van der Waals surface area contributed by atoms with E-state index in [9.17, 15) is 4.39 Å². The lowest BCUT2D eigenvalue weighted by Crippen LogP contribution is -2.23. The fraction of sp³-hybridized carbons (Fsp3) is 0.600. The average Bonchev–Trinajstić information content (AvgIpc) is 2.37. The van der Waals surface area contributed by atoms with E-state index in [0.29, 0.717) is 0 Å². The Morgan fingerprint density at radius 3 is 2.67 bits per heavy atom. The molecule has 3 heteroatoms. The van der Waals surface area contributed by atoms with Gasteiger partial charge in [0, 0.05) is 18.7 Å². The second-order valence-corrected chi connectivity index (χ2v) is 4.76. The first-order valence-electron chi connectivity index (χ1n) is 6.60. The standard InChI is InChI=1S/C15H24FNO/c1-5-17-15(9-7-12(3)18-4)13-10-11(2)6-8-14(13)16/h6,8,10,12,15,17H,5,7,9H2,1-4H3. The average molecular weight is 253 g/mol. The SMILES string of the molecule is CCNC(CCC(C)OC)c1cc(C)ccc1F. The van der Waals surface area contributed by atoms with Gasteiger partial charge in [-0.25, -0.2) is 4.39 Å². The summed E-state index contributed by atoms with van der Waals surface area (Å²) in [5.74, 6) is -0.128. The van der Waals surface area contributed by atoms with E-state index in [1.807, 2.05) is 26.8 Å². The molecule has 18 heavy (non-hydrogen) atoms. The monoisotopic (exact) mass is 253 g/mol. The predicted octanol–water partition coefficient (Wildman–Crippen LogP) is 3.60. The van der Waals surface area contributed by atoms with Crippen molar-refractivity contribution in [2.75, 3.05) is 13.7 Å². The Balaban J connectivity index is 2.79. The maximum Gasteiger partial charge on any atom is 0.127 e. The highest BCUT2D eigenvalue weighted by atomic mass is 19.1. The van der Waals surface area contributed by atoms with Crippen LogP contribution in [0.3, 0.4) is 0 Å². The lowest BCUT2D eigenvalue weighted by molar-refractivity contribution is 0.106. The Morgan fingerprint density at radius 2 is 2.06 bits per heavy atom. The van der Waals surface area contributed by atoms with E-state index in [-0.39, 0.29) is 18.0 Å². The van der Waals surface area contributed by atoms with Crippen LogP contribution in [-0.2, 0) is 4.74 Å². The van der Waals surface area contributed by atoms with E-state index in [1.165, 1.54) is 0 Å². The third-order valence-corrected chi connectivity index (χ3v) is 3.24. The minimum Gasteiger partial charge on any atom is -0.382 e. The molecule has 1 aromatic carbocycles. The molecule has 1 N–H and O–H groups in total. The number of hydrogen-bond acceptors (Lipinski definition) is 2. The van der Waals surface area contributed by atoms with Crippen molar-refractivity contribution >= 4 is 0 Å². The minimum absolute atomic E-state index is 0.0625. The highest BCUT2D eigenvalue weighted by Gasteiger charge is 2.16. The second kappa shape index (κ2) is 7.49. The number of nitrogens with one attached hydrogen (secondary N) is 1. The first kappa shape index (κ1) is 15.1. The molecule has 0 bridgehead atoms. The normalized spacial score (nSPS) is 14.5. The summed E-state index contributed by atoms with van der Waals surface area (Å²) < 4.78 is 19.1. The van der Waals surface area contributed by atoms with Crippen LogP contribution in [0.15, 0.2) is 18.2 Å². The Labute approximate surface area is 110 Å².